The number of nitrogens with zero attached hydrogens (tertiary/aromatic N) is 1. The molecule has 2 aromatic carbocycles. The number of fused-ring (bicyclic) bond motifs is 1. The number of pyridine rings is 1. The number of para-hydroxylation sites is 3. The van der Waals surface area contributed by atoms with Crippen molar-refractivity contribution in [3.8, 4) is 5.75 Å². The van der Waals surface area contributed by atoms with Crippen molar-refractivity contribution >= 4 is 28.2 Å². The second-order valence-electron chi connectivity index (χ2n) is 5.21. The van der Waals surface area contributed by atoms with Gasteiger partial charge in [-0.05, 0) is 31.2 Å². The summed E-state index contributed by atoms with van der Waals surface area (Å²) in [6, 6.07) is 17.1. The van der Waals surface area contributed by atoms with Gasteiger partial charge in [-0.3, -0.25) is 9.78 Å². The zero-order valence-corrected chi connectivity index (χ0v) is 13.5. The van der Waals surface area contributed by atoms with E-state index in [1.165, 1.54) is 0 Å². The summed E-state index contributed by atoms with van der Waals surface area (Å²) in [4.78, 5) is 16.6. The number of hydrogen-bond donors (Lipinski definition) is 2. The second-order valence-corrected chi connectivity index (χ2v) is 5.21. The number of benzene rings is 2. The molecule has 0 aliphatic rings. The standard InChI is InChI=1S/C19H19N3O2/c1-2-24-17-11-4-3-9-15(17)22-18(23)13-21-16-10-5-7-14-8-6-12-20-19(14)16/h3-12,21H,2,13H2,1H3,(H,22,23). The predicted octanol–water partition coefficient (Wildman–Crippen LogP) is 3.68. The lowest BCUT2D eigenvalue weighted by molar-refractivity contribution is -0.114. The van der Waals surface area contributed by atoms with Gasteiger partial charge in [0.1, 0.15) is 5.75 Å². The summed E-state index contributed by atoms with van der Waals surface area (Å²) < 4.78 is 5.51. The number of ether oxygens (including phenoxy) is 1. The Morgan fingerprint density at radius 1 is 1.04 bits per heavy atom. The van der Waals surface area contributed by atoms with Crippen LogP contribution in [0.15, 0.2) is 60.8 Å². The van der Waals surface area contributed by atoms with E-state index >= 15 is 0 Å². The van der Waals surface area contributed by atoms with Gasteiger partial charge in [0.25, 0.3) is 0 Å². The lowest BCUT2D eigenvalue weighted by Crippen LogP contribution is -2.22. The topological polar surface area (TPSA) is 63.2 Å². The van der Waals surface area contributed by atoms with E-state index in [4.69, 9.17) is 4.74 Å². The maximum Gasteiger partial charge on any atom is 0.243 e. The molecular formula is C19H19N3O2. The molecule has 3 aromatic rings. The van der Waals surface area contributed by atoms with E-state index in [1.807, 2.05) is 61.5 Å². The number of nitrogens with one attached hydrogen (secondary N) is 2. The van der Waals surface area contributed by atoms with Gasteiger partial charge in [0, 0.05) is 11.6 Å². The molecule has 5 nitrogen and oxygen atoms in total. The maximum atomic E-state index is 12.2. The minimum atomic E-state index is -0.143. The van der Waals surface area contributed by atoms with Crippen molar-refractivity contribution in [1.29, 1.82) is 0 Å². The molecule has 2 N–H and O–H groups in total. The van der Waals surface area contributed by atoms with Crippen LogP contribution < -0.4 is 15.4 Å². The van der Waals surface area contributed by atoms with E-state index in [-0.39, 0.29) is 12.5 Å². The van der Waals surface area contributed by atoms with Gasteiger partial charge in [-0.2, -0.15) is 0 Å². The Bertz CT molecular complexity index is 843. The number of amides is 1. The summed E-state index contributed by atoms with van der Waals surface area (Å²) in [5, 5.41) is 7.04. The SMILES string of the molecule is CCOc1ccccc1NC(=O)CNc1cccc2cccnc12. The molecule has 5 heteroatoms. The monoisotopic (exact) mass is 321 g/mol. The minimum absolute atomic E-state index is 0.143. The van der Waals surface area contributed by atoms with Gasteiger partial charge in [-0.25, -0.2) is 0 Å². The molecule has 1 heterocycles. The molecule has 0 atom stereocenters. The third-order valence-electron chi connectivity index (χ3n) is 3.53. The van der Waals surface area contributed by atoms with E-state index < -0.39 is 0 Å². The number of anilines is 2. The number of carbonyl (C=O) groups excluding carboxylic acids is 1. The molecule has 1 aromatic heterocycles. The van der Waals surface area contributed by atoms with Crippen molar-refractivity contribution in [3.05, 3.63) is 60.8 Å². The molecule has 122 valence electrons. The number of carbonyl (C=O) groups is 1. The van der Waals surface area contributed by atoms with Crippen LogP contribution >= 0.6 is 0 Å². The first-order chi connectivity index (χ1) is 11.8. The van der Waals surface area contributed by atoms with Gasteiger partial charge in [-0.1, -0.05) is 30.3 Å². The quantitative estimate of drug-likeness (QED) is 0.727. The maximum absolute atomic E-state index is 12.2. The average Bonchev–Trinajstić information content (AvgIpc) is 2.62. The first-order valence-electron chi connectivity index (χ1n) is 7.87. The van der Waals surface area contributed by atoms with Crippen molar-refractivity contribution in [2.24, 2.45) is 0 Å². The fourth-order valence-electron chi connectivity index (χ4n) is 2.47. The molecule has 0 saturated heterocycles. The zero-order chi connectivity index (χ0) is 16.8. The summed E-state index contributed by atoms with van der Waals surface area (Å²) in [6.07, 6.45) is 1.74. The van der Waals surface area contributed by atoms with Crippen molar-refractivity contribution in [2.75, 3.05) is 23.8 Å². The molecule has 0 radical (unpaired) electrons. The molecule has 24 heavy (non-hydrogen) atoms. The van der Waals surface area contributed by atoms with Gasteiger partial charge >= 0.3 is 0 Å². The molecular weight excluding hydrogens is 302 g/mol. The van der Waals surface area contributed by atoms with Crippen LogP contribution in [0.25, 0.3) is 10.9 Å². The van der Waals surface area contributed by atoms with Crippen LogP contribution in [-0.2, 0) is 4.79 Å². The van der Waals surface area contributed by atoms with Crippen molar-refractivity contribution in [2.45, 2.75) is 6.92 Å². The van der Waals surface area contributed by atoms with Crippen LogP contribution in [-0.4, -0.2) is 24.0 Å². The number of hydrogen-bond acceptors (Lipinski definition) is 4. The number of aromatic nitrogens is 1. The van der Waals surface area contributed by atoms with Crippen LogP contribution in [0.4, 0.5) is 11.4 Å². The van der Waals surface area contributed by atoms with E-state index in [9.17, 15) is 4.79 Å². The van der Waals surface area contributed by atoms with E-state index in [0.29, 0.717) is 18.0 Å². The Labute approximate surface area is 140 Å². The van der Waals surface area contributed by atoms with Gasteiger partial charge in [0.2, 0.25) is 5.91 Å². The van der Waals surface area contributed by atoms with Crippen molar-refractivity contribution in [1.82, 2.24) is 4.98 Å². The van der Waals surface area contributed by atoms with Gasteiger partial charge < -0.3 is 15.4 Å². The van der Waals surface area contributed by atoms with Crippen LogP contribution in [0, 0.1) is 0 Å². The van der Waals surface area contributed by atoms with E-state index in [1.54, 1.807) is 6.20 Å². The Morgan fingerprint density at radius 3 is 2.71 bits per heavy atom. The first kappa shape index (κ1) is 15.8. The van der Waals surface area contributed by atoms with Gasteiger partial charge in [0.05, 0.1) is 30.0 Å². The Hall–Kier alpha value is -3.08. The van der Waals surface area contributed by atoms with Crippen LogP contribution in [0.5, 0.6) is 5.75 Å². The smallest absolute Gasteiger partial charge is 0.243 e. The summed E-state index contributed by atoms with van der Waals surface area (Å²) in [6.45, 7) is 2.61. The fraction of sp³-hybridized carbons (Fsp3) is 0.158. The lowest BCUT2D eigenvalue weighted by atomic mass is 10.2. The van der Waals surface area contributed by atoms with Crippen LogP contribution in [0.3, 0.4) is 0 Å². The number of rotatable bonds is 6. The lowest BCUT2D eigenvalue weighted by Gasteiger charge is -2.12. The molecule has 0 aliphatic heterocycles. The van der Waals surface area contributed by atoms with Crippen molar-refractivity contribution < 1.29 is 9.53 Å². The second kappa shape index (κ2) is 7.46. The summed E-state index contributed by atoms with van der Waals surface area (Å²) >= 11 is 0. The molecule has 1 amide bonds. The molecule has 0 spiro atoms. The largest absolute Gasteiger partial charge is 0.492 e. The molecule has 0 aliphatic carbocycles. The molecule has 0 saturated carbocycles. The highest BCUT2D eigenvalue weighted by Gasteiger charge is 2.08. The van der Waals surface area contributed by atoms with Gasteiger partial charge in [0.15, 0.2) is 0 Å². The summed E-state index contributed by atoms with van der Waals surface area (Å²) in [7, 11) is 0. The van der Waals surface area contributed by atoms with Crippen LogP contribution in [0.2, 0.25) is 0 Å². The third kappa shape index (κ3) is 3.63. The highest BCUT2D eigenvalue weighted by Crippen LogP contribution is 2.24. The van der Waals surface area contributed by atoms with Crippen LogP contribution in [0.1, 0.15) is 6.92 Å². The van der Waals surface area contributed by atoms with Gasteiger partial charge in [-0.15, -0.1) is 0 Å². The fourth-order valence-corrected chi connectivity index (χ4v) is 2.47. The Morgan fingerprint density at radius 2 is 1.83 bits per heavy atom. The molecule has 0 unspecified atom stereocenters. The zero-order valence-electron chi connectivity index (χ0n) is 13.5. The predicted molar refractivity (Wildman–Crippen MR) is 96.5 cm³/mol. The summed E-state index contributed by atoms with van der Waals surface area (Å²) in [5.74, 6) is 0.523. The molecule has 0 bridgehead atoms. The van der Waals surface area contributed by atoms with Crippen molar-refractivity contribution in [3.63, 3.8) is 0 Å². The van der Waals surface area contributed by atoms with E-state index in [0.717, 1.165) is 16.6 Å². The Balaban J connectivity index is 1.67. The highest BCUT2D eigenvalue weighted by molar-refractivity contribution is 5.97. The Kier molecular flexibility index (Phi) is 4.91. The minimum Gasteiger partial charge on any atom is -0.492 e. The average molecular weight is 321 g/mol. The van der Waals surface area contributed by atoms with E-state index in [2.05, 4.69) is 15.6 Å². The highest BCUT2D eigenvalue weighted by atomic mass is 16.5. The normalized spacial score (nSPS) is 10.4. The third-order valence-corrected chi connectivity index (χ3v) is 3.53. The summed E-state index contributed by atoms with van der Waals surface area (Å²) in [5.41, 5.74) is 2.35. The molecule has 3 rings (SSSR count). The first-order valence-corrected chi connectivity index (χ1v) is 7.87. The molecule has 0 fully saturated rings.